The molecule has 0 aliphatic heterocycles. The van der Waals surface area contributed by atoms with E-state index in [1.165, 1.54) is 0 Å². The fourth-order valence-corrected chi connectivity index (χ4v) is 0. The zero-order valence-electron chi connectivity index (χ0n) is 2.71. The molecule has 0 aromatic heterocycles. The molecule has 0 amide bonds. The fraction of sp³-hybridized carbons (Fsp3) is 1.00. The van der Waals surface area contributed by atoms with Crippen molar-refractivity contribution in [2.24, 2.45) is 0 Å². The summed E-state index contributed by atoms with van der Waals surface area (Å²) in [6.07, 6.45) is 0. The van der Waals surface area contributed by atoms with Gasteiger partial charge < -0.3 is 4.74 Å². The van der Waals surface area contributed by atoms with Crippen LogP contribution >= 0.6 is 0 Å². The van der Waals surface area contributed by atoms with E-state index in [4.69, 9.17) is 0 Å². The monoisotopic (exact) mass is 243 g/mol. The minimum Gasteiger partial charge on any atom is -0.388 e. The molecule has 0 saturated heterocycles. The third-order valence-electron chi connectivity index (χ3n) is 0. The van der Waals surface area contributed by atoms with E-state index in [0.29, 0.717) is 0 Å². The van der Waals surface area contributed by atoms with Crippen LogP contribution in [-0.2, 0) is 27.1 Å². The molecule has 31 valence electrons. The van der Waals surface area contributed by atoms with Crippen LogP contribution < -0.4 is 0 Å². The Morgan fingerprint density at radius 1 is 1.25 bits per heavy atom. The van der Waals surface area contributed by atoms with Gasteiger partial charge in [0.25, 0.3) is 0 Å². The third kappa shape index (κ3) is 15.9. The average Bonchev–Trinajstić information content (AvgIpc) is 0.918. The van der Waals surface area contributed by atoms with Crippen molar-refractivity contribution in [3.05, 3.63) is 0 Å². The first kappa shape index (κ1) is 8.83. The Labute approximate surface area is 41.9 Å². The van der Waals surface area contributed by atoms with Gasteiger partial charge in [-0.3, -0.25) is 0 Å². The molecule has 0 aliphatic carbocycles. The molecule has 0 fully saturated rings. The SMILES string of the molecule is COC.[Au]. The van der Waals surface area contributed by atoms with Gasteiger partial charge in [0, 0.05) is 36.6 Å². The quantitative estimate of drug-likeness (QED) is 0.554. The normalized spacial score (nSPS) is 4.50. The van der Waals surface area contributed by atoms with Gasteiger partial charge in [-0.05, 0) is 0 Å². The topological polar surface area (TPSA) is 9.23 Å². The van der Waals surface area contributed by atoms with Crippen LogP contribution in [-0.4, -0.2) is 14.2 Å². The van der Waals surface area contributed by atoms with Crippen LogP contribution in [0.15, 0.2) is 0 Å². The molecule has 0 spiro atoms. The summed E-state index contributed by atoms with van der Waals surface area (Å²) in [5.41, 5.74) is 0. The number of methoxy groups -OCH3 is 1. The van der Waals surface area contributed by atoms with Crippen LogP contribution in [0.1, 0.15) is 0 Å². The number of ether oxygens (including phenoxy) is 1. The fourth-order valence-electron chi connectivity index (χ4n) is 0. The van der Waals surface area contributed by atoms with Gasteiger partial charge in [0.1, 0.15) is 0 Å². The maximum Gasteiger partial charge on any atom is 0.0351 e. The molecule has 0 unspecified atom stereocenters. The van der Waals surface area contributed by atoms with Gasteiger partial charge in [0.15, 0.2) is 0 Å². The van der Waals surface area contributed by atoms with Crippen molar-refractivity contribution in [3.8, 4) is 0 Å². The smallest absolute Gasteiger partial charge is 0.0351 e. The summed E-state index contributed by atoms with van der Waals surface area (Å²) in [6.45, 7) is 0. The zero-order valence-corrected chi connectivity index (χ0v) is 4.88. The van der Waals surface area contributed by atoms with Crippen LogP contribution in [0.3, 0.4) is 0 Å². The average molecular weight is 243 g/mol. The minimum atomic E-state index is 0. The second-order valence-corrected chi connectivity index (χ2v) is 0.408. The second kappa shape index (κ2) is 9.33. The molecular weight excluding hydrogens is 237 g/mol. The maximum atomic E-state index is 4.25. The maximum absolute atomic E-state index is 4.25. The van der Waals surface area contributed by atoms with E-state index in [1.54, 1.807) is 14.2 Å². The minimum absolute atomic E-state index is 0. The van der Waals surface area contributed by atoms with Gasteiger partial charge in [0.2, 0.25) is 0 Å². The molecule has 0 aromatic carbocycles. The molecule has 0 saturated carbocycles. The Bertz CT molecular complexity index is 6.00. The van der Waals surface area contributed by atoms with Crippen molar-refractivity contribution >= 4 is 0 Å². The van der Waals surface area contributed by atoms with Gasteiger partial charge in [-0.25, -0.2) is 0 Å². The molecule has 0 rings (SSSR count). The number of rotatable bonds is 0. The van der Waals surface area contributed by atoms with Gasteiger partial charge in [-0.2, -0.15) is 0 Å². The van der Waals surface area contributed by atoms with Crippen LogP contribution in [0.2, 0.25) is 0 Å². The van der Waals surface area contributed by atoms with Gasteiger partial charge in [-0.1, -0.05) is 0 Å². The molecule has 0 atom stereocenters. The first-order valence-corrected chi connectivity index (χ1v) is 0.816. The van der Waals surface area contributed by atoms with Crippen molar-refractivity contribution in [2.75, 3.05) is 14.2 Å². The largest absolute Gasteiger partial charge is 0.388 e. The molecule has 1 nitrogen and oxygen atoms in total. The number of hydrogen-bond donors (Lipinski definition) is 0. The molecule has 0 aromatic rings. The molecule has 0 N–H and O–H groups in total. The molecule has 4 heavy (non-hydrogen) atoms. The van der Waals surface area contributed by atoms with E-state index < -0.39 is 0 Å². The molecular formula is C2H6AuO. The zero-order chi connectivity index (χ0) is 2.71. The summed E-state index contributed by atoms with van der Waals surface area (Å²) in [7, 11) is 3.25. The van der Waals surface area contributed by atoms with E-state index in [0.717, 1.165) is 0 Å². The van der Waals surface area contributed by atoms with Crippen LogP contribution in [0.25, 0.3) is 0 Å². The molecule has 0 bridgehead atoms. The summed E-state index contributed by atoms with van der Waals surface area (Å²) in [6, 6.07) is 0. The first-order valence-electron chi connectivity index (χ1n) is 0.816. The third-order valence-corrected chi connectivity index (χ3v) is 0. The van der Waals surface area contributed by atoms with E-state index in [9.17, 15) is 0 Å². The number of hydrogen-bond acceptors (Lipinski definition) is 1. The summed E-state index contributed by atoms with van der Waals surface area (Å²) < 4.78 is 4.25. The van der Waals surface area contributed by atoms with Crippen molar-refractivity contribution < 1.29 is 27.1 Å². The van der Waals surface area contributed by atoms with Gasteiger partial charge in [0.05, 0.1) is 0 Å². The Morgan fingerprint density at radius 3 is 1.25 bits per heavy atom. The van der Waals surface area contributed by atoms with Crippen molar-refractivity contribution in [1.29, 1.82) is 0 Å². The molecule has 2 heteroatoms. The standard InChI is InChI=1S/C2H6O.Au/c1-3-2;/h1-2H3;. The van der Waals surface area contributed by atoms with E-state index >= 15 is 0 Å². The van der Waals surface area contributed by atoms with E-state index in [1.807, 2.05) is 0 Å². The molecule has 1 radical (unpaired) electrons. The predicted molar refractivity (Wildman–Crippen MR) is 12.9 cm³/mol. The van der Waals surface area contributed by atoms with E-state index in [2.05, 4.69) is 4.74 Å². The van der Waals surface area contributed by atoms with E-state index in [-0.39, 0.29) is 22.4 Å². The summed E-state index contributed by atoms with van der Waals surface area (Å²) >= 11 is 0. The molecule has 0 aliphatic rings. The summed E-state index contributed by atoms with van der Waals surface area (Å²) in [5.74, 6) is 0. The Kier molecular flexibility index (Phi) is 20.6. The van der Waals surface area contributed by atoms with Crippen LogP contribution in [0.4, 0.5) is 0 Å². The summed E-state index contributed by atoms with van der Waals surface area (Å²) in [4.78, 5) is 0. The molecule has 0 heterocycles. The summed E-state index contributed by atoms with van der Waals surface area (Å²) in [5, 5.41) is 0. The Hall–Kier alpha value is 0.700. The van der Waals surface area contributed by atoms with Gasteiger partial charge >= 0.3 is 0 Å². The van der Waals surface area contributed by atoms with Crippen LogP contribution in [0.5, 0.6) is 0 Å². The second-order valence-electron chi connectivity index (χ2n) is 0.408. The predicted octanol–water partition coefficient (Wildman–Crippen LogP) is 0.260. The van der Waals surface area contributed by atoms with Gasteiger partial charge in [-0.15, -0.1) is 0 Å². The first-order chi connectivity index (χ1) is 1.41. The Morgan fingerprint density at radius 2 is 1.25 bits per heavy atom. The van der Waals surface area contributed by atoms with Crippen molar-refractivity contribution in [2.45, 2.75) is 0 Å². The van der Waals surface area contributed by atoms with Crippen LogP contribution in [0, 0.1) is 0 Å². The van der Waals surface area contributed by atoms with Crippen molar-refractivity contribution in [3.63, 3.8) is 0 Å². The Balaban J connectivity index is 0. The van der Waals surface area contributed by atoms with Crippen molar-refractivity contribution in [1.82, 2.24) is 0 Å².